The molecule has 34 heavy (non-hydrogen) atoms. The molecule has 6 nitrogen and oxygen atoms in total. The SMILES string of the molecule is CCN1CCN(Cc2ccccc2C(=O)Nc2cc(-n3cnc(C)c3)cc(C(F)(F)F)c2)CC1. The van der Waals surface area contributed by atoms with Gasteiger partial charge in [0.25, 0.3) is 5.91 Å². The Bertz CT molecular complexity index is 1150. The summed E-state index contributed by atoms with van der Waals surface area (Å²) in [7, 11) is 0. The first-order chi connectivity index (χ1) is 16.2. The maximum Gasteiger partial charge on any atom is 0.416 e. The number of likely N-dealkylation sites (N-methyl/N-ethyl adjacent to an activating group) is 1. The van der Waals surface area contributed by atoms with Crippen LogP contribution in [0.5, 0.6) is 0 Å². The number of aryl methyl sites for hydroxylation is 1. The number of nitrogens with one attached hydrogen (secondary N) is 1. The third-order valence-electron chi connectivity index (χ3n) is 6.08. The second kappa shape index (κ2) is 9.99. The minimum Gasteiger partial charge on any atom is -0.322 e. The van der Waals surface area contributed by atoms with E-state index in [2.05, 4.69) is 27.0 Å². The van der Waals surface area contributed by atoms with Gasteiger partial charge in [0.05, 0.1) is 17.6 Å². The van der Waals surface area contributed by atoms with Gasteiger partial charge in [-0.1, -0.05) is 25.1 Å². The highest BCUT2D eigenvalue weighted by Gasteiger charge is 2.31. The van der Waals surface area contributed by atoms with E-state index in [9.17, 15) is 18.0 Å². The molecule has 180 valence electrons. The minimum atomic E-state index is -4.55. The van der Waals surface area contributed by atoms with E-state index >= 15 is 0 Å². The van der Waals surface area contributed by atoms with Crippen LogP contribution >= 0.6 is 0 Å². The van der Waals surface area contributed by atoms with Gasteiger partial charge in [0.15, 0.2) is 0 Å². The van der Waals surface area contributed by atoms with E-state index in [1.54, 1.807) is 25.3 Å². The number of piperazine rings is 1. The summed E-state index contributed by atoms with van der Waals surface area (Å²) in [6, 6.07) is 10.8. The van der Waals surface area contributed by atoms with Crippen molar-refractivity contribution >= 4 is 11.6 Å². The highest BCUT2D eigenvalue weighted by atomic mass is 19.4. The van der Waals surface area contributed by atoms with Crippen LogP contribution in [0.3, 0.4) is 0 Å². The van der Waals surface area contributed by atoms with Gasteiger partial charge in [-0.15, -0.1) is 0 Å². The van der Waals surface area contributed by atoms with Crippen molar-refractivity contribution < 1.29 is 18.0 Å². The largest absolute Gasteiger partial charge is 0.416 e. The molecule has 1 saturated heterocycles. The van der Waals surface area contributed by atoms with Crippen molar-refractivity contribution in [1.29, 1.82) is 0 Å². The number of anilines is 1. The molecule has 0 spiro atoms. The van der Waals surface area contributed by atoms with Crippen molar-refractivity contribution in [2.45, 2.75) is 26.6 Å². The Morgan fingerprint density at radius 2 is 1.76 bits per heavy atom. The number of carbonyl (C=O) groups is 1. The molecule has 1 aliphatic heterocycles. The van der Waals surface area contributed by atoms with Crippen molar-refractivity contribution in [3.63, 3.8) is 0 Å². The number of nitrogens with zero attached hydrogens (tertiary/aromatic N) is 4. The van der Waals surface area contributed by atoms with Crippen LogP contribution in [0.1, 0.15) is 34.1 Å². The van der Waals surface area contributed by atoms with Gasteiger partial charge in [-0.3, -0.25) is 9.69 Å². The lowest BCUT2D eigenvalue weighted by Crippen LogP contribution is -2.45. The molecule has 1 aromatic heterocycles. The quantitative estimate of drug-likeness (QED) is 0.572. The molecule has 0 atom stereocenters. The van der Waals surface area contributed by atoms with E-state index in [0.29, 0.717) is 17.8 Å². The summed E-state index contributed by atoms with van der Waals surface area (Å²) in [5, 5.41) is 2.68. The van der Waals surface area contributed by atoms with Gasteiger partial charge in [-0.25, -0.2) is 4.98 Å². The average Bonchev–Trinajstić information content (AvgIpc) is 3.25. The third kappa shape index (κ3) is 5.66. The van der Waals surface area contributed by atoms with Gasteiger partial charge in [0.1, 0.15) is 0 Å². The lowest BCUT2D eigenvalue weighted by molar-refractivity contribution is -0.137. The summed E-state index contributed by atoms with van der Waals surface area (Å²) >= 11 is 0. The number of alkyl halides is 3. The molecule has 0 aliphatic carbocycles. The first-order valence-corrected chi connectivity index (χ1v) is 11.3. The number of imidazole rings is 1. The molecule has 0 radical (unpaired) electrons. The van der Waals surface area contributed by atoms with E-state index in [1.807, 2.05) is 12.1 Å². The average molecular weight is 472 g/mol. The van der Waals surface area contributed by atoms with E-state index in [1.165, 1.54) is 17.0 Å². The van der Waals surface area contributed by atoms with Crippen LogP contribution in [-0.2, 0) is 12.7 Å². The number of halogens is 3. The van der Waals surface area contributed by atoms with E-state index in [-0.39, 0.29) is 11.4 Å². The normalized spacial score (nSPS) is 15.4. The molecule has 0 saturated carbocycles. The van der Waals surface area contributed by atoms with Crippen LogP contribution in [0, 0.1) is 6.92 Å². The Morgan fingerprint density at radius 1 is 1.06 bits per heavy atom. The Morgan fingerprint density at radius 3 is 2.41 bits per heavy atom. The fourth-order valence-corrected chi connectivity index (χ4v) is 4.14. The van der Waals surface area contributed by atoms with E-state index in [0.717, 1.165) is 50.4 Å². The van der Waals surface area contributed by atoms with Crippen LogP contribution < -0.4 is 5.32 Å². The predicted octanol–water partition coefficient (Wildman–Crippen LogP) is 4.59. The molecule has 2 aromatic carbocycles. The number of hydrogen-bond acceptors (Lipinski definition) is 4. The van der Waals surface area contributed by atoms with Crippen LogP contribution in [0.4, 0.5) is 18.9 Å². The lowest BCUT2D eigenvalue weighted by atomic mass is 10.1. The summed E-state index contributed by atoms with van der Waals surface area (Å²) in [4.78, 5) is 21.9. The first kappa shape index (κ1) is 24.0. The van der Waals surface area contributed by atoms with Gasteiger partial charge < -0.3 is 14.8 Å². The second-order valence-corrected chi connectivity index (χ2v) is 8.51. The van der Waals surface area contributed by atoms with Crippen molar-refractivity contribution in [1.82, 2.24) is 19.4 Å². The molecular formula is C25H28F3N5O. The molecule has 4 rings (SSSR count). The van der Waals surface area contributed by atoms with Gasteiger partial charge in [0, 0.05) is 55.9 Å². The summed E-state index contributed by atoms with van der Waals surface area (Å²) in [6.07, 6.45) is -1.47. The van der Waals surface area contributed by atoms with Crippen molar-refractivity contribution in [3.05, 3.63) is 77.4 Å². The van der Waals surface area contributed by atoms with Crippen LogP contribution in [-0.4, -0.2) is 58.0 Å². The molecule has 0 bridgehead atoms. The third-order valence-corrected chi connectivity index (χ3v) is 6.08. The fourth-order valence-electron chi connectivity index (χ4n) is 4.14. The number of hydrogen-bond donors (Lipinski definition) is 1. The summed E-state index contributed by atoms with van der Waals surface area (Å²) < 4.78 is 42.2. The zero-order valence-electron chi connectivity index (χ0n) is 19.3. The van der Waals surface area contributed by atoms with Crippen molar-refractivity contribution in [2.24, 2.45) is 0 Å². The summed E-state index contributed by atoms with van der Waals surface area (Å²) in [6.45, 7) is 9.30. The highest BCUT2D eigenvalue weighted by Crippen LogP contribution is 2.33. The molecule has 2 heterocycles. The smallest absolute Gasteiger partial charge is 0.322 e. The van der Waals surface area contributed by atoms with Gasteiger partial charge >= 0.3 is 6.18 Å². The van der Waals surface area contributed by atoms with Crippen molar-refractivity contribution in [2.75, 3.05) is 38.0 Å². The zero-order chi connectivity index (χ0) is 24.3. The first-order valence-electron chi connectivity index (χ1n) is 11.3. The Balaban J connectivity index is 1.57. The second-order valence-electron chi connectivity index (χ2n) is 8.51. The molecule has 3 aromatic rings. The molecule has 0 unspecified atom stereocenters. The predicted molar refractivity (Wildman–Crippen MR) is 125 cm³/mol. The molecule has 1 amide bonds. The molecule has 1 aliphatic rings. The summed E-state index contributed by atoms with van der Waals surface area (Å²) in [5.74, 6) is -0.435. The lowest BCUT2D eigenvalue weighted by Gasteiger charge is -2.34. The number of rotatable bonds is 6. The number of amides is 1. The number of carbonyl (C=O) groups excluding carboxylic acids is 1. The maximum absolute atomic E-state index is 13.6. The fraction of sp³-hybridized carbons (Fsp3) is 0.360. The molecular weight excluding hydrogens is 443 g/mol. The zero-order valence-corrected chi connectivity index (χ0v) is 19.3. The maximum atomic E-state index is 13.6. The summed E-state index contributed by atoms with van der Waals surface area (Å²) in [5.41, 5.74) is 1.49. The van der Waals surface area contributed by atoms with Gasteiger partial charge in [-0.2, -0.15) is 13.2 Å². The van der Waals surface area contributed by atoms with Gasteiger partial charge in [0.2, 0.25) is 0 Å². The number of aromatic nitrogens is 2. The molecule has 1 N–H and O–H groups in total. The number of benzene rings is 2. The van der Waals surface area contributed by atoms with E-state index < -0.39 is 17.6 Å². The van der Waals surface area contributed by atoms with Crippen LogP contribution in [0.15, 0.2) is 55.0 Å². The molecule has 9 heteroatoms. The topological polar surface area (TPSA) is 53.4 Å². The minimum absolute atomic E-state index is 0.0764. The standard InChI is InChI=1S/C25H28F3N5O/c1-3-31-8-10-32(11-9-31)16-19-6-4-5-7-23(19)24(34)30-21-12-20(25(26,27)28)13-22(14-21)33-15-18(2)29-17-33/h4-7,12-15,17H,3,8-11,16H2,1-2H3,(H,30,34). The Kier molecular flexibility index (Phi) is 7.04. The Hall–Kier alpha value is -3.17. The molecule has 1 fully saturated rings. The van der Waals surface area contributed by atoms with Crippen LogP contribution in [0.2, 0.25) is 0 Å². The van der Waals surface area contributed by atoms with E-state index in [4.69, 9.17) is 0 Å². The monoisotopic (exact) mass is 471 g/mol. The van der Waals surface area contributed by atoms with Crippen LogP contribution in [0.25, 0.3) is 5.69 Å². The highest BCUT2D eigenvalue weighted by molar-refractivity contribution is 6.05. The Labute approximate surface area is 197 Å². The van der Waals surface area contributed by atoms with Crippen molar-refractivity contribution in [3.8, 4) is 5.69 Å². The van der Waals surface area contributed by atoms with Gasteiger partial charge in [-0.05, 0) is 43.3 Å².